The maximum atomic E-state index is 11.7. The highest BCUT2D eigenvalue weighted by Gasteiger charge is 2.18. The second-order valence-corrected chi connectivity index (χ2v) is 6.19. The molecule has 1 amide bonds. The molecule has 2 aromatic carbocycles. The summed E-state index contributed by atoms with van der Waals surface area (Å²) >= 11 is 0. The maximum absolute atomic E-state index is 11.7. The summed E-state index contributed by atoms with van der Waals surface area (Å²) in [6.07, 6.45) is -2.35. The van der Waals surface area contributed by atoms with Crippen LogP contribution in [0.2, 0.25) is 0 Å². The molecule has 0 bridgehead atoms. The highest BCUT2D eigenvalue weighted by molar-refractivity contribution is 5.67. The molecule has 0 fully saturated rings. The predicted molar refractivity (Wildman–Crippen MR) is 101 cm³/mol. The Morgan fingerprint density at radius 1 is 1.12 bits per heavy atom. The summed E-state index contributed by atoms with van der Waals surface area (Å²) in [6.45, 7) is 6.16. The summed E-state index contributed by atoms with van der Waals surface area (Å²) in [5.74, 6) is 0. The molecule has 0 saturated carbocycles. The molecule has 2 rings (SSSR count). The number of hydrogen-bond donors (Lipinski definition) is 3. The molecule has 0 spiro atoms. The van der Waals surface area contributed by atoms with Gasteiger partial charge in [0, 0.05) is 6.54 Å². The van der Waals surface area contributed by atoms with Gasteiger partial charge in [-0.15, -0.1) is 0 Å². The average molecular weight is 355 g/mol. The van der Waals surface area contributed by atoms with Gasteiger partial charge in [0.1, 0.15) is 12.7 Å². The van der Waals surface area contributed by atoms with Gasteiger partial charge in [0.15, 0.2) is 0 Å². The molecular weight excluding hydrogens is 330 g/mol. The Balaban J connectivity index is 1.72. The molecule has 2 atom stereocenters. The van der Waals surface area contributed by atoms with Crippen molar-refractivity contribution in [3.63, 3.8) is 0 Å². The third-order valence-corrected chi connectivity index (χ3v) is 4.03. The zero-order valence-corrected chi connectivity index (χ0v) is 14.9. The van der Waals surface area contributed by atoms with Crippen molar-refractivity contribution in [2.75, 3.05) is 6.54 Å². The Labute approximate surface area is 153 Å². The van der Waals surface area contributed by atoms with Gasteiger partial charge in [0.25, 0.3) is 0 Å². The minimum absolute atomic E-state index is 0.187. The number of alkyl carbamates (subject to hydrolysis) is 1. The topological polar surface area (TPSA) is 78.8 Å². The van der Waals surface area contributed by atoms with Gasteiger partial charge in [0.2, 0.25) is 0 Å². The van der Waals surface area contributed by atoms with Crippen LogP contribution in [-0.2, 0) is 11.3 Å². The van der Waals surface area contributed by atoms with E-state index in [0.29, 0.717) is 5.56 Å². The van der Waals surface area contributed by atoms with Gasteiger partial charge < -0.3 is 20.3 Å². The van der Waals surface area contributed by atoms with Gasteiger partial charge in [-0.25, -0.2) is 4.79 Å². The van der Waals surface area contributed by atoms with E-state index in [1.807, 2.05) is 49.4 Å². The average Bonchev–Trinajstić information content (AvgIpc) is 2.66. The Morgan fingerprint density at radius 3 is 2.38 bits per heavy atom. The lowest BCUT2D eigenvalue weighted by atomic mass is 9.99. The van der Waals surface area contributed by atoms with Gasteiger partial charge in [-0.1, -0.05) is 66.7 Å². The van der Waals surface area contributed by atoms with Crippen LogP contribution in [0.1, 0.15) is 36.1 Å². The van der Waals surface area contributed by atoms with Crippen molar-refractivity contribution in [2.45, 2.75) is 32.2 Å². The van der Waals surface area contributed by atoms with Crippen LogP contribution < -0.4 is 5.32 Å². The van der Waals surface area contributed by atoms with Crippen molar-refractivity contribution in [3.05, 3.63) is 77.9 Å². The van der Waals surface area contributed by atoms with Crippen LogP contribution in [-0.4, -0.2) is 29.0 Å². The molecule has 0 aliphatic carbocycles. The van der Waals surface area contributed by atoms with Crippen LogP contribution in [0.15, 0.2) is 61.2 Å². The minimum atomic E-state index is -1.02. The molecule has 0 heterocycles. The SMILES string of the molecule is C=C(C)c1ccc(C(O)C(O)CCNC(=O)OCc2ccccc2)cc1. The highest BCUT2D eigenvalue weighted by Crippen LogP contribution is 2.21. The molecule has 5 heteroatoms. The largest absolute Gasteiger partial charge is 0.445 e. The molecule has 0 saturated heterocycles. The predicted octanol–water partition coefficient (Wildman–Crippen LogP) is 3.43. The number of aliphatic hydroxyl groups is 2. The lowest BCUT2D eigenvalue weighted by Crippen LogP contribution is -2.29. The van der Waals surface area contributed by atoms with Crippen LogP contribution in [0.25, 0.3) is 5.57 Å². The standard InChI is InChI=1S/C21H25NO4/c1-15(2)17-8-10-18(11-9-17)20(24)19(23)12-13-22-21(25)26-14-16-6-4-3-5-7-16/h3-11,19-20,23-24H,1,12-14H2,2H3,(H,22,25). The summed E-state index contributed by atoms with van der Waals surface area (Å²) in [4.78, 5) is 11.7. The Kier molecular flexibility index (Phi) is 7.38. The third kappa shape index (κ3) is 6.02. The van der Waals surface area contributed by atoms with Crippen molar-refractivity contribution in [3.8, 4) is 0 Å². The van der Waals surface area contributed by atoms with Crippen LogP contribution in [0.4, 0.5) is 4.79 Å². The summed E-state index contributed by atoms with van der Waals surface area (Å²) < 4.78 is 5.09. The normalized spacial score (nSPS) is 12.9. The van der Waals surface area contributed by atoms with E-state index >= 15 is 0 Å². The molecule has 0 aliphatic rings. The molecule has 0 radical (unpaired) electrons. The minimum Gasteiger partial charge on any atom is -0.445 e. The quantitative estimate of drug-likeness (QED) is 0.678. The number of carbonyl (C=O) groups is 1. The van der Waals surface area contributed by atoms with Crippen molar-refractivity contribution in [1.29, 1.82) is 0 Å². The molecule has 0 aromatic heterocycles. The van der Waals surface area contributed by atoms with Crippen molar-refractivity contribution >= 4 is 11.7 Å². The summed E-state index contributed by atoms with van der Waals surface area (Å²) in [5.41, 5.74) is 3.44. The molecule has 26 heavy (non-hydrogen) atoms. The molecule has 0 aliphatic heterocycles. The van der Waals surface area contributed by atoms with Crippen molar-refractivity contribution in [2.24, 2.45) is 0 Å². The van der Waals surface area contributed by atoms with E-state index in [1.165, 1.54) is 0 Å². The van der Waals surface area contributed by atoms with E-state index in [0.717, 1.165) is 16.7 Å². The van der Waals surface area contributed by atoms with Crippen LogP contribution in [0.5, 0.6) is 0 Å². The second kappa shape index (κ2) is 9.75. The Hall–Kier alpha value is -2.63. The van der Waals surface area contributed by atoms with Crippen LogP contribution >= 0.6 is 0 Å². The number of rotatable bonds is 8. The van der Waals surface area contributed by atoms with E-state index in [2.05, 4.69) is 11.9 Å². The number of carbonyl (C=O) groups excluding carboxylic acids is 1. The van der Waals surface area contributed by atoms with Gasteiger partial charge in [-0.3, -0.25) is 0 Å². The first-order valence-electron chi connectivity index (χ1n) is 8.54. The Bertz CT molecular complexity index is 713. The number of aliphatic hydroxyl groups excluding tert-OH is 2. The molecule has 3 N–H and O–H groups in total. The van der Waals surface area contributed by atoms with Crippen molar-refractivity contribution < 1.29 is 19.7 Å². The maximum Gasteiger partial charge on any atom is 0.407 e. The molecule has 2 aromatic rings. The molecular formula is C21H25NO4. The first-order chi connectivity index (χ1) is 12.5. The second-order valence-electron chi connectivity index (χ2n) is 6.19. The fourth-order valence-corrected chi connectivity index (χ4v) is 2.44. The van der Waals surface area contributed by atoms with E-state index < -0.39 is 18.3 Å². The fourth-order valence-electron chi connectivity index (χ4n) is 2.44. The van der Waals surface area contributed by atoms with Gasteiger partial charge in [-0.2, -0.15) is 0 Å². The summed E-state index contributed by atoms with van der Waals surface area (Å²) in [6, 6.07) is 16.6. The van der Waals surface area contributed by atoms with E-state index in [-0.39, 0.29) is 19.6 Å². The number of ether oxygens (including phenoxy) is 1. The monoisotopic (exact) mass is 355 g/mol. The summed E-state index contributed by atoms with van der Waals surface area (Å²) in [7, 11) is 0. The van der Waals surface area contributed by atoms with Gasteiger partial charge >= 0.3 is 6.09 Å². The molecule has 138 valence electrons. The van der Waals surface area contributed by atoms with Gasteiger partial charge in [0.05, 0.1) is 6.10 Å². The van der Waals surface area contributed by atoms with Gasteiger partial charge in [-0.05, 0) is 30.0 Å². The number of hydrogen-bond acceptors (Lipinski definition) is 4. The van der Waals surface area contributed by atoms with Crippen LogP contribution in [0, 0.1) is 0 Å². The van der Waals surface area contributed by atoms with E-state index in [9.17, 15) is 15.0 Å². The summed E-state index contributed by atoms with van der Waals surface area (Å²) in [5, 5.41) is 22.9. The Morgan fingerprint density at radius 2 is 1.77 bits per heavy atom. The third-order valence-electron chi connectivity index (χ3n) is 4.03. The van der Waals surface area contributed by atoms with E-state index in [4.69, 9.17) is 4.74 Å². The smallest absolute Gasteiger partial charge is 0.407 e. The number of allylic oxidation sites excluding steroid dienone is 1. The highest BCUT2D eigenvalue weighted by atomic mass is 16.5. The van der Waals surface area contributed by atoms with E-state index in [1.54, 1.807) is 12.1 Å². The van der Waals surface area contributed by atoms with Crippen molar-refractivity contribution in [1.82, 2.24) is 5.32 Å². The first kappa shape index (κ1) is 19.7. The number of nitrogens with one attached hydrogen (secondary N) is 1. The zero-order chi connectivity index (χ0) is 18.9. The fraction of sp³-hybridized carbons (Fsp3) is 0.286. The first-order valence-corrected chi connectivity index (χ1v) is 8.54. The number of amides is 1. The zero-order valence-electron chi connectivity index (χ0n) is 14.9. The molecule has 2 unspecified atom stereocenters. The lowest BCUT2D eigenvalue weighted by Gasteiger charge is -2.18. The number of benzene rings is 2. The van der Waals surface area contributed by atoms with Crippen LogP contribution in [0.3, 0.4) is 0 Å². The molecule has 5 nitrogen and oxygen atoms in total. The lowest BCUT2D eigenvalue weighted by molar-refractivity contribution is 0.0136.